The van der Waals surface area contributed by atoms with E-state index in [2.05, 4.69) is 5.10 Å². The first kappa shape index (κ1) is 16.0. The minimum Gasteiger partial charge on any atom is -0.481 e. The van der Waals surface area contributed by atoms with Crippen LogP contribution in [0.1, 0.15) is 63.6 Å². The molecule has 1 unspecified atom stereocenters. The number of aromatic nitrogens is 2. The minimum atomic E-state index is -0.875. The van der Waals surface area contributed by atoms with Gasteiger partial charge in [-0.1, -0.05) is 32.6 Å². The molecule has 1 aliphatic carbocycles. The number of hydrogen-bond acceptors (Lipinski definition) is 3. The molecule has 1 heterocycles. The Bertz CT molecular complexity index is 466. The lowest BCUT2D eigenvalue weighted by atomic mass is 9.79. The van der Waals surface area contributed by atoms with E-state index in [1.807, 2.05) is 23.9 Å². The molecule has 21 heavy (non-hydrogen) atoms. The fraction of sp³-hybridized carbons (Fsp3) is 0.750. The molecule has 1 saturated carbocycles. The molecule has 2 rings (SSSR count). The lowest BCUT2D eigenvalue weighted by molar-refractivity contribution is -0.148. The van der Waals surface area contributed by atoms with Gasteiger partial charge in [0.25, 0.3) is 0 Å². The SMILES string of the molecule is CCCC(CN)(Cc1ccn(C2CCCCC2)n1)C(=O)O. The first-order valence-electron chi connectivity index (χ1n) is 8.09. The molecule has 0 saturated heterocycles. The zero-order valence-electron chi connectivity index (χ0n) is 12.9. The standard InChI is InChI=1S/C16H27N3O2/c1-2-9-16(12-17,15(20)21)11-13-8-10-19(18-13)14-6-4-3-5-7-14/h8,10,14H,2-7,9,11-12,17H2,1H3,(H,20,21). The van der Waals surface area contributed by atoms with Gasteiger partial charge in [-0.3, -0.25) is 9.48 Å². The summed E-state index contributed by atoms with van der Waals surface area (Å²) in [6.07, 6.45) is 10.0. The Morgan fingerprint density at radius 3 is 2.76 bits per heavy atom. The Balaban J connectivity index is 2.10. The number of nitrogens with two attached hydrogens (primary N) is 1. The molecular weight excluding hydrogens is 266 g/mol. The van der Waals surface area contributed by atoms with Crippen LogP contribution in [0.15, 0.2) is 12.3 Å². The van der Waals surface area contributed by atoms with Crippen molar-refractivity contribution in [3.63, 3.8) is 0 Å². The largest absolute Gasteiger partial charge is 0.481 e. The van der Waals surface area contributed by atoms with Crippen LogP contribution in [0.3, 0.4) is 0 Å². The molecule has 5 nitrogen and oxygen atoms in total. The quantitative estimate of drug-likeness (QED) is 0.810. The Hall–Kier alpha value is -1.36. The molecule has 1 aromatic heterocycles. The van der Waals surface area contributed by atoms with E-state index >= 15 is 0 Å². The number of carboxylic acids is 1. The highest BCUT2D eigenvalue weighted by atomic mass is 16.4. The average Bonchev–Trinajstić information content (AvgIpc) is 2.96. The molecule has 1 atom stereocenters. The maximum atomic E-state index is 11.6. The van der Waals surface area contributed by atoms with Crippen LogP contribution in [0.25, 0.3) is 0 Å². The van der Waals surface area contributed by atoms with Crippen molar-refractivity contribution in [3.8, 4) is 0 Å². The number of carboxylic acid groups (broad SMARTS) is 1. The number of carbonyl (C=O) groups is 1. The molecule has 0 amide bonds. The van der Waals surface area contributed by atoms with E-state index in [4.69, 9.17) is 5.73 Å². The Kier molecular flexibility index (Phi) is 5.39. The average molecular weight is 293 g/mol. The predicted octanol–water partition coefficient (Wildman–Crippen LogP) is 2.76. The zero-order valence-corrected chi connectivity index (χ0v) is 12.9. The third-order valence-electron chi connectivity index (χ3n) is 4.70. The summed E-state index contributed by atoms with van der Waals surface area (Å²) in [5.41, 5.74) is 5.75. The van der Waals surface area contributed by atoms with Gasteiger partial charge in [0.2, 0.25) is 0 Å². The van der Waals surface area contributed by atoms with Crippen molar-refractivity contribution >= 4 is 5.97 Å². The third-order valence-corrected chi connectivity index (χ3v) is 4.70. The molecule has 0 radical (unpaired) electrons. The van der Waals surface area contributed by atoms with E-state index in [0.29, 0.717) is 18.9 Å². The Morgan fingerprint density at radius 1 is 1.48 bits per heavy atom. The predicted molar refractivity (Wildman–Crippen MR) is 82.1 cm³/mol. The number of nitrogens with zero attached hydrogens (tertiary/aromatic N) is 2. The third kappa shape index (κ3) is 3.64. The van der Waals surface area contributed by atoms with Crippen LogP contribution in [-0.4, -0.2) is 27.4 Å². The van der Waals surface area contributed by atoms with Gasteiger partial charge in [-0.15, -0.1) is 0 Å². The van der Waals surface area contributed by atoms with E-state index in [9.17, 15) is 9.90 Å². The van der Waals surface area contributed by atoms with E-state index in [1.165, 1.54) is 32.1 Å². The van der Waals surface area contributed by atoms with E-state index in [-0.39, 0.29) is 6.54 Å². The van der Waals surface area contributed by atoms with Crippen LogP contribution in [-0.2, 0) is 11.2 Å². The molecule has 118 valence electrons. The summed E-state index contributed by atoms with van der Waals surface area (Å²) < 4.78 is 2.03. The van der Waals surface area contributed by atoms with Gasteiger partial charge in [-0.05, 0) is 25.3 Å². The van der Waals surface area contributed by atoms with Crippen LogP contribution >= 0.6 is 0 Å². The van der Waals surface area contributed by atoms with E-state index in [0.717, 1.165) is 12.1 Å². The van der Waals surface area contributed by atoms with Gasteiger partial charge in [0.15, 0.2) is 0 Å². The number of aliphatic carboxylic acids is 1. The first-order valence-corrected chi connectivity index (χ1v) is 8.09. The van der Waals surface area contributed by atoms with Crippen LogP contribution in [0.5, 0.6) is 0 Å². The van der Waals surface area contributed by atoms with Gasteiger partial charge < -0.3 is 10.8 Å². The summed E-state index contributed by atoms with van der Waals surface area (Å²) in [4.78, 5) is 11.6. The number of hydrogen-bond donors (Lipinski definition) is 2. The maximum Gasteiger partial charge on any atom is 0.311 e. The Labute approximate surface area is 126 Å². The van der Waals surface area contributed by atoms with Crippen molar-refractivity contribution in [3.05, 3.63) is 18.0 Å². The van der Waals surface area contributed by atoms with Gasteiger partial charge in [-0.25, -0.2) is 0 Å². The topological polar surface area (TPSA) is 81.1 Å². The van der Waals surface area contributed by atoms with Crippen molar-refractivity contribution in [1.29, 1.82) is 0 Å². The first-order chi connectivity index (χ1) is 10.1. The molecule has 0 aromatic carbocycles. The van der Waals surface area contributed by atoms with Crippen LogP contribution in [0, 0.1) is 5.41 Å². The van der Waals surface area contributed by atoms with Gasteiger partial charge in [0, 0.05) is 19.2 Å². The summed E-state index contributed by atoms with van der Waals surface area (Å²) in [6, 6.07) is 2.44. The molecule has 0 aliphatic heterocycles. The fourth-order valence-corrected chi connectivity index (χ4v) is 3.38. The fourth-order valence-electron chi connectivity index (χ4n) is 3.38. The summed E-state index contributed by atoms with van der Waals surface area (Å²) in [6.45, 7) is 2.15. The molecule has 3 N–H and O–H groups in total. The second-order valence-corrected chi connectivity index (χ2v) is 6.30. The highest BCUT2D eigenvalue weighted by molar-refractivity contribution is 5.75. The highest BCUT2D eigenvalue weighted by Crippen LogP contribution is 2.30. The molecular formula is C16H27N3O2. The molecule has 0 spiro atoms. The molecule has 5 heteroatoms. The summed E-state index contributed by atoms with van der Waals surface area (Å²) >= 11 is 0. The molecule has 1 aromatic rings. The van der Waals surface area contributed by atoms with Gasteiger partial charge in [0.1, 0.15) is 0 Å². The summed E-state index contributed by atoms with van der Waals surface area (Å²) in [5, 5.41) is 14.2. The second kappa shape index (κ2) is 7.07. The van der Waals surface area contributed by atoms with Crippen molar-refractivity contribution in [2.24, 2.45) is 11.1 Å². The van der Waals surface area contributed by atoms with Crippen LogP contribution in [0.4, 0.5) is 0 Å². The summed E-state index contributed by atoms with van der Waals surface area (Å²) in [5.74, 6) is -0.806. The lowest BCUT2D eigenvalue weighted by Crippen LogP contribution is -2.40. The molecule has 1 aliphatic rings. The van der Waals surface area contributed by atoms with Crippen molar-refractivity contribution in [2.45, 2.75) is 64.3 Å². The van der Waals surface area contributed by atoms with Gasteiger partial charge in [-0.2, -0.15) is 5.10 Å². The number of rotatable bonds is 7. The van der Waals surface area contributed by atoms with Gasteiger partial charge in [0.05, 0.1) is 17.2 Å². The lowest BCUT2D eigenvalue weighted by Gasteiger charge is -2.26. The molecule has 1 fully saturated rings. The minimum absolute atomic E-state index is 0.159. The van der Waals surface area contributed by atoms with E-state index in [1.54, 1.807) is 0 Å². The van der Waals surface area contributed by atoms with Crippen LogP contribution in [0.2, 0.25) is 0 Å². The zero-order chi connectivity index (χ0) is 15.3. The highest BCUT2D eigenvalue weighted by Gasteiger charge is 2.37. The Morgan fingerprint density at radius 2 is 2.19 bits per heavy atom. The van der Waals surface area contributed by atoms with Crippen molar-refractivity contribution in [2.75, 3.05) is 6.54 Å². The summed E-state index contributed by atoms with van der Waals surface area (Å²) in [7, 11) is 0. The second-order valence-electron chi connectivity index (χ2n) is 6.30. The van der Waals surface area contributed by atoms with Crippen molar-refractivity contribution < 1.29 is 9.90 Å². The van der Waals surface area contributed by atoms with Crippen LogP contribution < -0.4 is 5.73 Å². The normalized spacial score (nSPS) is 19.3. The monoisotopic (exact) mass is 293 g/mol. The van der Waals surface area contributed by atoms with Crippen molar-refractivity contribution in [1.82, 2.24) is 9.78 Å². The maximum absolute atomic E-state index is 11.6. The van der Waals surface area contributed by atoms with E-state index < -0.39 is 11.4 Å². The smallest absolute Gasteiger partial charge is 0.311 e. The molecule has 0 bridgehead atoms. The van der Waals surface area contributed by atoms with Gasteiger partial charge >= 0.3 is 5.97 Å².